The molecule has 0 aliphatic carbocycles. The standard InChI is InChI=1S/C15H12BrNO4/c16-13-3-6-15(12(9-13)10-18)21-8-7-11-1-4-14(5-2-11)17(19)20/h1-6,9-10H,7-8H2. The van der Waals surface area contributed by atoms with E-state index in [4.69, 9.17) is 4.74 Å². The van der Waals surface area contributed by atoms with Crippen molar-refractivity contribution < 1.29 is 14.5 Å². The Morgan fingerprint density at radius 3 is 2.52 bits per heavy atom. The summed E-state index contributed by atoms with van der Waals surface area (Å²) in [6, 6.07) is 11.5. The van der Waals surface area contributed by atoms with E-state index < -0.39 is 4.92 Å². The van der Waals surface area contributed by atoms with Gasteiger partial charge in [-0.1, -0.05) is 28.1 Å². The molecule has 108 valence electrons. The zero-order valence-corrected chi connectivity index (χ0v) is 12.6. The van der Waals surface area contributed by atoms with Crippen LogP contribution in [0.4, 0.5) is 5.69 Å². The largest absolute Gasteiger partial charge is 0.492 e. The van der Waals surface area contributed by atoms with Gasteiger partial charge in [-0.25, -0.2) is 0 Å². The molecule has 21 heavy (non-hydrogen) atoms. The van der Waals surface area contributed by atoms with Gasteiger partial charge in [-0.15, -0.1) is 0 Å². The first-order chi connectivity index (χ1) is 10.1. The molecular formula is C15H12BrNO4. The van der Waals surface area contributed by atoms with Crippen molar-refractivity contribution in [2.24, 2.45) is 0 Å². The Morgan fingerprint density at radius 1 is 1.19 bits per heavy atom. The number of carbonyl (C=O) groups is 1. The van der Waals surface area contributed by atoms with Crippen LogP contribution in [0.25, 0.3) is 0 Å². The third kappa shape index (κ3) is 4.13. The molecular weight excluding hydrogens is 338 g/mol. The molecule has 0 aliphatic rings. The fourth-order valence-electron chi connectivity index (χ4n) is 1.81. The number of nitrogens with zero attached hydrogens (tertiary/aromatic N) is 1. The normalized spacial score (nSPS) is 10.1. The number of benzene rings is 2. The zero-order valence-electron chi connectivity index (χ0n) is 11.0. The SMILES string of the molecule is O=Cc1cc(Br)ccc1OCCc1ccc([N+](=O)[O-])cc1. The fourth-order valence-corrected chi connectivity index (χ4v) is 2.18. The van der Waals surface area contributed by atoms with Crippen molar-refractivity contribution in [3.63, 3.8) is 0 Å². The summed E-state index contributed by atoms with van der Waals surface area (Å²) in [5, 5.41) is 10.6. The number of aldehydes is 1. The van der Waals surface area contributed by atoms with E-state index in [1.807, 2.05) is 0 Å². The van der Waals surface area contributed by atoms with E-state index in [1.165, 1.54) is 12.1 Å². The molecule has 2 aromatic carbocycles. The highest BCUT2D eigenvalue weighted by atomic mass is 79.9. The van der Waals surface area contributed by atoms with Gasteiger partial charge in [-0.05, 0) is 23.8 Å². The predicted molar refractivity (Wildman–Crippen MR) is 81.8 cm³/mol. The number of hydrogen-bond donors (Lipinski definition) is 0. The van der Waals surface area contributed by atoms with Crippen molar-refractivity contribution >= 4 is 27.9 Å². The maximum atomic E-state index is 10.9. The molecule has 0 aliphatic heterocycles. The molecule has 2 aromatic rings. The van der Waals surface area contributed by atoms with Crippen LogP contribution in [-0.4, -0.2) is 17.8 Å². The molecule has 0 fully saturated rings. The van der Waals surface area contributed by atoms with Crippen LogP contribution in [0.15, 0.2) is 46.9 Å². The van der Waals surface area contributed by atoms with Gasteiger partial charge in [0.05, 0.1) is 17.1 Å². The maximum Gasteiger partial charge on any atom is 0.269 e. The summed E-state index contributed by atoms with van der Waals surface area (Å²) in [6.45, 7) is 0.389. The highest BCUT2D eigenvalue weighted by molar-refractivity contribution is 9.10. The second-order valence-corrected chi connectivity index (χ2v) is 5.24. The second-order valence-electron chi connectivity index (χ2n) is 4.32. The summed E-state index contributed by atoms with van der Waals surface area (Å²) < 4.78 is 6.39. The monoisotopic (exact) mass is 349 g/mol. The lowest BCUT2D eigenvalue weighted by Crippen LogP contribution is -2.03. The van der Waals surface area contributed by atoms with Crippen LogP contribution in [0.1, 0.15) is 15.9 Å². The maximum absolute atomic E-state index is 10.9. The van der Waals surface area contributed by atoms with Crippen LogP contribution < -0.4 is 4.74 Å². The van der Waals surface area contributed by atoms with E-state index in [0.717, 1.165) is 16.3 Å². The number of carbonyl (C=O) groups excluding carboxylic acids is 1. The smallest absolute Gasteiger partial charge is 0.269 e. The highest BCUT2D eigenvalue weighted by Gasteiger charge is 2.06. The van der Waals surface area contributed by atoms with E-state index in [9.17, 15) is 14.9 Å². The van der Waals surface area contributed by atoms with Gasteiger partial charge >= 0.3 is 0 Å². The topological polar surface area (TPSA) is 69.4 Å². The molecule has 2 rings (SSSR count). The van der Waals surface area contributed by atoms with Gasteiger partial charge in [0.2, 0.25) is 0 Å². The summed E-state index contributed by atoms with van der Waals surface area (Å²) in [6.07, 6.45) is 1.35. The molecule has 0 saturated carbocycles. The van der Waals surface area contributed by atoms with Crippen LogP contribution >= 0.6 is 15.9 Å². The molecule has 0 unspecified atom stereocenters. The number of halogens is 1. The minimum absolute atomic E-state index is 0.0656. The molecule has 0 atom stereocenters. The quantitative estimate of drug-likeness (QED) is 0.452. The molecule has 5 nitrogen and oxygen atoms in total. The molecule has 0 saturated heterocycles. The molecule has 0 amide bonds. The summed E-state index contributed by atoms with van der Waals surface area (Å²) in [5.74, 6) is 0.523. The van der Waals surface area contributed by atoms with Crippen LogP contribution in [0.3, 0.4) is 0 Å². The van der Waals surface area contributed by atoms with Crippen LogP contribution in [0, 0.1) is 10.1 Å². The van der Waals surface area contributed by atoms with Crippen LogP contribution in [0.2, 0.25) is 0 Å². The molecule has 0 N–H and O–H groups in total. The lowest BCUT2D eigenvalue weighted by Gasteiger charge is -2.08. The van der Waals surface area contributed by atoms with Crippen molar-refractivity contribution in [1.29, 1.82) is 0 Å². The van der Waals surface area contributed by atoms with Crippen molar-refractivity contribution in [2.75, 3.05) is 6.61 Å². The first-order valence-corrected chi connectivity index (χ1v) is 7.00. The number of non-ortho nitro benzene ring substituents is 1. The Balaban J connectivity index is 1.95. The average molecular weight is 350 g/mol. The number of ether oxygens (including phenoxy) is 1. The third-order valence-corrected chi connectivity index (χ3v) is 3.39. The summed E-state index contributed by atoms with van der Waals surface area (Å²) >= 11 is 3.29. The predicted octanol–water partition coefficient (Wildman–Crippen LogP) is 3.79. The summed E-state index contributed by atoms with van der Waals surface area (Å²) in [7, 11) is 0. The number of hydrogen-bond acceptors (Lipinski definition) is 4. The van der Waals surface area contributed by atoms with E-state index in [2.05, 4.69) is 15.9 Å². The van der Waals surface area contributed by atoms with Gasteiger partial charge in [0.1, 0.15) is 5.75 Å². The van der Waals surface area contributed by atoms with Gasteiger partial charge in [-0.3, -0.25) is 14.9 Å². The Hall–Kier alpha value is -2.21. The van der Waals surface area contributed by atoms with E-state index >= 15 is 0 Å². The van der Waals surface area contributed by atoms with E-state index in [0.29, 0.717) is 24.3 Å². The van der Waals surface area contributed by atoms with E-state index in [1.54, 1.807) is 30.3 Å². The number of rotatable bonds is 6. The number of nitro benzene ring substituents is 1. The van der Waals surface area contributed by atoms with Crippen molar-refractivity contribution in [3.05, 3.63) is 68.2 Å². The fraction of sp³-hybridized carbons (Fsp3) is 0.133. The Kier molecular flexibility index (Phi) is 5.05. The molecule has 0 bridgehead atoms. The average Bonchev–Trinajstić information content (AvgIpc) is 2.49. The molecule has 0 aromatic heterocycles. The Labute approximate surface area is 129 Å². The summed E-state index contributed by atoms with van der Waals surface area (Å²) in [4.78, 5) is 21.1. The van der Waals surface area contributed by atoms with Crippen LogP contribution in [-0.2, 0) is 6.42 Å². The zero-order chi connectivity index (χ0) is 15.2. The van der Waals surface area contributed by atoms with Gasteiger partial charge in [0.15, 0.2) is 6.29 Å². The van der Waals surface area contributed by atoms with Crippen molar-refractivity contribution in [2.45, 2.75) is 6.42 Å². The van der Waals surface area contributed by atoms with E-state index in [-0.39, 0.29) is 5.69 Å². The van der Waals surface area contributed by atoms with Gasteiger partial charge < -0.3 is 4.74 Å². The number of nitro groups is 1. The Bertz CT molecular complexity index is 655. The van der Waals surface area contributed by atoms with Crippen LogP contribution in [0.5, 0.6) is 5.75 Å². The molecule has 6 heteroatoms. The third-order valence-electron chi connectivity index (χ3n) is 2.89. The van der Waals surface area contributed by atoms with Crippen molar-refractivity contribution in [1.82, 2.24) is 0 Å². The lowest BCUT2D eigenvalue weighted by atomic mass is 10.1. The minimum atomic E-state index is -0.432. The first-order valence-electron chi connectivity index (χ1n) is 6.21. The first kappa shape index (κ1) is 15.2. The highest BCUT2D eigenvalue weighted by Crippen LogP contribution is 2.22. The molecule has 0 heterocycles. The van der Waals surface area contributed by atoms with Gasteiger partial charge in [0.25, 0.3) is 5.69 Å². The summed E-state index contributed by atoms with van der Waals surface area (Å²) in [5.41, 5.74) is 1.48. The lowest BCUT2D eigenvalue weighted by molar-refractivity contribution is -0.384. The molecule has 0 spiro atoms. The Morgan fingerprint density at radius 2 is 1.90 bits per heavy atom. The second kappa shape index (κ2) is 6.99. The van der Waals surface area contributed by atoms with Gasteiger partial charge in [0, 0.05) is 23.0 Å². The molecule has 0 radical (unpaired) electrons. The van der Waals surface area contributed by atoms with Crippen molar-refractivity contribution in [3.8, 4) is 5.75 Å². The minimum Gasteiger partial charge on any atom is -0.492 e. The van der Waals surface area contributed by atoms with Gasteiger partial charge in [-0.2, -0.15) is 0 Å².